The topological polar surface area (TPSA) is 41.6 Å². The minimum Gasteiger partial charge on any atom is -0.483 e. The molecular formula is C13H19BrN2O2. The van der Waals surface area contributed by atoms with Gasteiger partial charge in [0.25, 0.3) is 5.91 Å². The summed E-state index contributed by atoms with van der Waals surface area (Å²) in [6, 6.07) is 5.93. The molecule has 0 saturated heterocycles. The largest absolute Gasteiger partial charge is 0.483 e. The lowest BCUT2D eigenvalue weighted by Crippen LogP contribution is -2.28. The van der Waals surface area contributed by atoms with E-state index < -0.39 is 0 Å². The third kappa shape index (κ3) is 3.99. The van der Waals surface area contributed by atoms with Crippen LogP contribution in [-0.2, 0) is 4.79 Å². The Morgan fingerprint density at radius 1 is 1.50 bits per heavy atom. The zero-order chi connectivity index (χ0) is 13.7. The van der Waals surface area contributed by atoms with Crippen molar-refractivity contribution in [3.63, 3.8) is 0 Å². The molecule has 100 valence electrons. The first-order chi connectivity index (χ1) is 8.45. The molecule has 0 heterocycles. The lowest BCUT2D eigenvalue weighted by Gasteiger charge is -2.18. The fraction of sp³-hybridized carbons (Fsp3) is 0.462. The van der Waals surface area contributed by atoms with E-state index in [4.69, 9.17) is 4.74 Å². The lowest BCUT2D eigenvalue weighted by molar-refractivity contribution is -0.130. The third-order valence-electron chi connectivity index (χ3n) is 2.72. The molecule has 0 aliphatic rings. The zero-order valence-electron chi connectivity index (χ0n) is 11.2. The van der Waals surface area contributed by atoms with Gasteiger partial charge in [0.1, 0.15) is 5.75 Å². The van der Waals surface area contributed by atoms with E-state index in [1.165, 1.54) is 4.90 Å². The smallest absolute Gasteiger partial charge is 0.259 e. The number of rotatable bonds is 5. The average Bonchev–Trinajstić information content (AvgIpc) is 2.35. The molecule has 4 nitrogen and oxygen atoms in total. The number of nitrogens with one attached hydrogen (secondary N) is 1. The highest BCUT2D eigenvalue weighted by atomic mass is 79.9. The maximum absolute atomic E-state index is 11.5. The SMILES string of the molecule is CNC(C)c1cc(Br)ccc1OCC(=O)N(C)C. The van der Waals surface area contributed by atoms with E-state index in [2.05, 4.69) is 21.2 Å². The van der Waals surface area contributed by atoms with Gasteiger partial charge in [0.05, 0.1) is 0 Å². The molecule has 1 atom stereocenters. The van der Waals surface area contributed by atoms with Crippen molar-refractivity contribution in [1.82, 2.24) is 10.2 Å². The Kier molecular flexibility index (Phi) is 5.62. The summed E-state index contributed by atoms with van der Waals surface area (Å²) in [6.45, 7) is 2.10. The average molecular weight is 315 g/mol. The van der Waals surface area contributed by atoms with Crippen molar-refractivity contribution in [1.29, 1.82) is 0 Å². The Morgan fingerprint density at radius 3 is 2.72 bits per heavy atom. The third-order valence-corrected chi connectivity index (χ3v) is 3.21. The van der Waals surface area contributed by atoms with Crippen molar-refractivity contribution in [3.8, 4) is 5.75 Å². The lowest BCUT2D eigenvalue weighted by atomic mass is 10.1. The molecule has 0 aliphatic carbocycles. The van der Waals surface area contributed by atoms with Gasteiger partial charge in [0.15, 0.2) is 6.61 Å². The first kappa shape index (κ1) is 15.0. The Labute approximate surface area is 116 Å². The van der Waals surface area contributed by atoms with E-state index in [0.29, 0.717) is 0 Å². The van der Waals surface area contributed by atoms with Gasteiger partial charge in [-0.2, -0.15) is 0 Å². The molecule has 5 heteroatoms. The zero-order valence-corrected chi connectivity index (χ0v) is 12.7. The molecule has 1 rings (SSSR count). The van der Waals surface area contributed by atoms with Gasteiger partial charge < -0.3 is 15.0 Å². The maximum Gasteiger partial charge on any atom is 0.259 e. The second-order valence-corrected chi connectivity index (χ2v) is 5.19. The Balaban J connectivity index is 2.84. The Morgan fingerprint density at radius 2 is 2.17 bits per heavy atom. The van der Waals surface area contributed by atoms with Gasteiger partial charge in [-0.25, -0.2) is 0 Å². The highest BCUT2D eigenvalue weighted by Crippen LogP contribution is 2.28. The number of carbonyl (C=O) groups excluding carboxylic acids is 1. The van der Waals surface area contributed by atoms with E-state index in [1.807, 2.05) is 32.2 Å². The van der Waals surface area contributed by atoms with Crippen LogP contribution in [0.3, 0.4) is 0 Å². The number of nitrogens with zero attached hydrogens (tertiary/aromatic N) is 1. The van der Waals surface area contributed by atoms with Crippen molar-refractivity contribution in [2.45, 2.75) is 13.0 Å². The minimum atomic E-state index is -0.0546. The number of likely N-dealkylation sites (N-methyl/N-ethyl adjacent to an activating group) is 1. The van der Waals surface area contributed by atoms with Crippen LogP contribution in [-0.4, -0.2) is 38.6 Å². The molecule has 1 aromatic rings. The highest BCUT2D eigenvalue weighted by Gasteiger charge is 2.12. The highest BCUT2D eigenvalue weighted by molar-refractivity contribution is 9.10. The summed E-state index contributed by atoms with van der Waals surface area (Å²) in [5.41, 5.74) is 1.03. The summed E-state index contributed by atoms with van der Waals surface area (Å²) >= 11 is 3.44. The van der Waals surface area contributed by atoms with E-state index in [-0.39, 0.29) is 18.6 Å². The quantitative estimate of drug-likeness (QED) is 0.906. The van der Waals surface area contributed by atoms with Crippen LogP contribution in [0.4, 0.5) is 0 Å². The van der Waals surface area contributed by atoms with Crippen LogP contribution in [0.2, 0.25) is 0 Å². The van der Waals surface area contributed by atoms with E-state index in [9.17, 15) is 4.79 Å². The Bertz CT molecular complexity index is 421. The fourth-order valence-electron chi connectivity index (χ4n) is 1.41. The molecule has 1 amide bonds. The maximum atomic E-state index is 11.5. The van der Waals surface area contributed by atoms with Crippen LogP contribution in [0.5, 0.6) is 5.75 Å². The number of ether oxygens (including phenoxy) is 1. The Hall–Kier alpha value is -1.07. The minimum absolute atomic E-state index is 0.0536. The van der Waals surface area contributed by atoms with E-state index in [0.717, 1.165) is 15.8 Å². The number of halogens is 1. The molecule has 0 aliphatic heterocycles. The molecule has 0 saturated carbocycles. The summed E-state index contributed by atoms with van der Waals surface area (Å²) in [4.78, 5) is 13.0. The molecular weight excluding hydrogens is 296 g/mol. The van der Waals surface area contributed by atoms with Gasteiger partial charge >= 0.3 is 0 Å². The second kappa shape index (κ2) is 6.75. The van der Waals surface area contributed by atoms with Crippen molar-refractivity contribution in [2.75, 3.05) is 27.7 Å². The van der Waals surface area contributed by atoms with Crippen molar-refractivity contribution in [3.05, 3.63) is 28.2 Å². The number of hydrogen-bond donors (Lipinski definition) is 1. The molecule has 18 heavy (non-hydrogen) atoms. The summed E-state index contributed by atoms with van der Waals surface area (Å²) in [6.07, 6.45) is 0. The van der Waals surface area contributed by atoms with E-state index >= 15 is 0 Å². The molecule has 0 spiro atoms. The van der Waals surface area contributed by atoms with E-state index in [1.54, 1.807) is 14.1 Å². The van der Waals surface area contributed by atoms with Gasteiger partial charge in [-0.1, -0.05) is 15.9 Å². The molecule has 0 radical (unpaired) electrons. The summed E-state index contributed by atoms with van der Waals surface area (Å²) in [5.74, 6) is 0.677. The van der Waals surface area contributed by atoms with Crippen molar-refractivity contribution >= 4 is 21.8 Å². The van der Waals surface area contributed by atoms with Crippen molar-refractivity contribution in [2.24, 2.45) is 0 Å². The predicted octanol–water partition coefficient (Wildman–Crippen LogP) is 2.20. The van der Waals surface area contributed by atoms with Crippen LogP contribution >= 0.6 is 15.9 Å². The normalized spacial score (nSPS) is 12.1. The molecule has 1 aromatic carbocycles. The fourth-order valence-corrected chi connectivity index (χ4v) is 1.79. The molecule has 1 N–H and O–H groups in total. The van der Waals surface area contributed by atoms with Gasteiger partial charge in [-0.15, -0.1) is 0 Å². The summed E-state index contributed by atoms with van der Waals surface area (Å²) in [7, 11) is 5.31. The number of hydrogen-bond acceptors (Lipinski definition) is 3. The van der Waals surface area contributed by atoms with Crippen molar-refractivity contribution < 1.29 is 9.53 Å². The monoisotopic (exact) mass is 314 g/mol. The van der Waals surface area contributed by atoms with Crippen LogP contribution in [0.15, 0.2) is 22.7 Å². The summed E-state index contributed by atoms with van der Waals surface area (Å²) in [5, 5.41) is 3.16. The summed E-state index contributed by atoms with van der Waals surface area (Å²) < 4.78 is 6.58. The van der Waals surface area contributed by atoms with Crippen LogP contribution < -0.4 is 10.1 Å². The molecule has 1 unspecified atom stereocenters. The van der Waals surface area contributed by atoms with Gasteiger partial charge in [-0.3, -0.25) is 4.79 Å². The van der Waals surface area contributed by atoms with Gasteiger partial charge in [0, 0.05) is 30.2 Å². The standard InChI is InChI=1S/C13H19BrN2O2/c1-9(15-2)11-7-10(14)5-6-12(11)18-8-13(17)16(3)4/h5-7,9,15H,8H2,1-4H3. The molecule has 0 bridgehead atoms. The van der Waals surface area contributed by atoms with Gasteiger partial charge in [-0.05, 0) is 32.2 Å². The molecule has 0 aromatic heterocycles. The number of amides is 1. The predicted molar refractivity (Wildman–Crippen MR) is 75.8 cm³/mol. The van der Waals surface area contributed by atoms with Crippen LogP contribution in [0.1, 0.15) is 18.5 Å². The van der Waals surface area contributed by atoms with Crippen LogP contribution in [0.25, 0.3) is 0 Å². The first-order valence-electron chi connectivity index (χ1n) is 5.75. The van der Waals surface area contributed by atoms with Gasteiger partial charge in [0.2, 0.25) is 0 Å². The second-order valence-electron chi connectivity index (χ2n) is 4.27. The van der Waals surface area contributed by atoms with Crippen LogP contribution in [0, 0.1) is 0 Å². The number of benzene rings is 1. The number of carbonyl (C=O) groups is 1. The first-order valence-corrected chi connectivity index (χ1v) is 6.54. The molecule has 0 fully saturated rings.